The Bertz CT molecular complexity index is 1620. The van der Waals surface area contributed by atoms with Crippen molar-refractivity contribution in [2.45, 2.75) is 10.9 Å². The third-order valence-electron chi connectivity index (χ3n) is 6.09. The van der Waals surface area contributed by atoms with Crippen LogP contribution in [0.2, 0.25) is 10.0 Å². The number of aliphatic hydroxyl groups is 1. The molecule has 0 bridgehead atoms. The first-order valence-electron chi connectivity index (χ1n) is 11.1. The lowest BCUT2D eigenvalue weighted by Gasteiger charge is -2.26. The van der Waals surface area contributed by atoms with Crippen molar-refractivity contribution in [3.05, 3.63) is 81.3 Å². The smallest absolute Gasteiger partial charge is 0.300 e. The van der Waals surface area contributed by atoms with Crippen molar-refractivity contribution in [2.75, 3.05) is 26.2 Å². The van der Waals surface area contributed by atoms with Gasteiger partial charge in [0, 0.05) is 5.69 Å². The minimum absolute atomic E-state index is 0.0237. The largest absolute Gasteiger partial charge is 0.507 e. The minimum Gasteiger partial charge on any atom is -0.507 e. The highest BCUT2D eigenvalue weighted by Gasteiger charge is 2.47. The zero-order valence-electron chi connectivity index (χ0n) is 20.8. The number of anilines is 1. The van der Waals surface area contributed by atoms with E-state index >= 15 is 0 Å². The second kappa shape index (κ2) is 10.8. The molecule has 1 amide bonds. The van der Waals surface area contributed by atoms with Crippen molar-refractivity contribution in [1.29, 1.82) is 0 Å². The number of methoxy groups -OCH3 is 3. The molecule has 13 heteroatoms. The normalized spacial score (nSPS) is 16.9. The van der Waals surface area contributed by atoms with Crippen molar-refractivity contribution >= 4 is 56.4 Å². The number of ketones is 1. The Kier molecular flexibility index (Phi) is 7.80. The van der Waals surface area contributed by atoms with Crippen molar-refractivity contribution in [3.63, 3.8) is 0 Å². The molecule has 10 nitrogen and oxygen atoms in total. The molecule has 1 saturated heterocycles. The van der Waals surface area contributed by atoms with Gasteiger partial charge < -0.3 is 19.3 Å². The van der Waals surface area contributed by atoms with Crippen LogP contribution in [0.5, 0.6) is 17.2 Å². The van der Waals surface area contributed by atoms with Crippen LogP contribution in [0.25, 0.3) is 5.76 Å². The third-order valence-corrected chi connectivity index (χ3v) is 7.65. The number of Topliss-reactive ketones (excluding diaryl/α,β-unsaturated/α-hetero) is 1. The van der Waals surface area contributed by atoms with Crippen molar-refractivity contribution < 1.29 is 37.3 Å². The summed E-state index contributed by atoms with van der Waals surface area (Å²) in [5.41, 5.74) is 0.243. The molecular formula is C26H22Cl2N2O8S. The molecule has 0 aromatic heterocycles. The van der Waals surface area contributed by atoms with Crippen LogP contribution < -0.4 is 24.2 Å². The SMILES string of the molecule is COc1cccc(C2/C(=C(\O)c3cc(Cl)c(OC)c(Cl)c3OC)C(=O)C(=O)N2c2ccc(S(N)(=O)=O)cc2)c1. The van der Waals surface area contributed by atoms with Gasteiger partial charge in [-0.05, 0) is 48.0 Å². The van der Waals surface area contributed by atoms with Gasteiger partial charge in [-0.1, -0.05) is 35.3 Å². The number of primary sulfonamides is 1. The summed E-state index contributed by atoms with van der Waals surface area (Å²) in [6.07, 6.45) is 0. The zero-order valence-corrected chi connectivity index (χ0v) is 23.1. The Labute approximate surface area is 234 Å². The topological polar surface area (TPSA) is 145 Å². The van der Waals surface area contributed by atoms with Gasteiger partial charge in [0.05, 0.1) is 48.4 Å². The van der Waals surface area contributed by atoms with Crippen LogP contribution in [0.15, 0.2) is 65.1 Å². The fourth-order valence-corrected chi connectivity index (χ4v) is 5.52. The van der Waals surface area contributed by atoms with Crippen molar-refractivity contribution in [1.82, 2.24) is 0 Å². The summed E-state index contributed by atoms with van der Waals surface area (Å²) < 4.78 is 39.4. The summed E-state index contributed by atoms with van der Waals surface area (Å²) >= 11 is 12.7. The predicted octanol–water partition coefficient (Wildman–Crippen LogP) is 4.29. The Morgan fingerprint density at radius 2 is 1.59 bits per heavy atom. The van der Waals surface area contributed by atoms with E-state index in [0.717, 1.165) is 4.90 Å². The molecule has 1 aliphatic heterocycles. The lowest BCUT2D eigenvalue weighted by Crippen LogP contribution is -2.29. The highest BCUT2D eigenvalue weighted by atomic mass is 35.5. The van der Waals surface area contributed by atoms with E-state index in [0.29, 0.717) is 11.3 Å². The first kappa shape index (κ1) is 28.2. The maximum Gasteiger partial charge on any atom is 0.300 e. The lowest BCUT2D eigenvalue weighted by atomic mass is 9.94. The van der Waals surface area contributed by atoms with E-state index in [4.69, 9.17) is 42.6 Å². The van der Waals surface area contributed by atoms with Crippen LogP contribution in [0.1, 0.15) is 17.2 Å². The first-order valence-corrected chi connectivity index (χ1v) is 13.4. The van der Waals surface area contributed by atoms with Gasteiger partial charge in [0.1, 0.15) is 16.5 Å². The number of nitrogens with zero attached hydrogens (tertiary/aromatic N) is 1. The number of carbonyl (C=O) groups is 2. The van der Waals surface area contributed by atoms with E-state index in [1.807, 2.05) is 0 Å². The van der Waals surface area contributed by atoms with Crippen LogP contribution in [-0.2, 0) is 19.6 Å². The monoisotopic (exact) mass is 592 g/mol. The predicted molar refractivity (Wildman–Crippen MR) is 145 cm³/mol. The second-order valence-electron chi connectivity index (χ2n) is 8.27. The fraction of sp³-hybridized carbons (Fsp3) is 0.154. The summed E-state index contributed by atoms with van der Waals surface area (Å²) in [5, 5.41) is 16.7. The van der Waals surface area contributed by atoms with E-state index in [1.54, 1.807) is 24.3 Å². The van der Waals surface area contributed by atoms with Gasteiger partial charge in [-0.15, -0.1) is 0 Å². The average Bonchev–Trinajstić information content (AvgIpc) is 3.18. The van der Waals surface area contributed by atoms with E-state index < -0.39 is 33.5 Å². The van der Waals surface area contributed by atoms with Gasteiger partial charge in [-0.3, -0.25) is 14.5 Å². The van der Waals surface area contributed by atoms with Crippen LogP contribution in [0.3, 0.4) is 0 Å². The number of amides is 1. The maximum atomic E-state index is 13.5. The first-order chi connectivity index (χ1) is 18.4. The molecule has 1 atom stereocenters. The molecule has 1 fully saturated rings. The van der Waals surface area contributed by atoms with E-state index in [9.17, 15) is 23.1 Å². The quantitative estimate of drug-likeness (QED) is 0.235. The van der Waals surface area contributed by atoms with Crippen molar-refractivity contribution in [3.8, 4) is 17.2 Å². The molecule has 3 N–H and O–H groups in total. The van der Waals surface area contributed by atoms with Crippen molar-refractivity contribution in [2.24, 2.45) is 5.14 Å². The Balaban J connectivity index is 2.01. The van der Waals surface area contributed by atoms with E-state index in [-0.39, 0.29) is 43.3 Å². The number of hydrogen-bond donors (Lipinski definition) is 2. The minimum atomic E-state index is -4.01. The van der Waals surface area contributed by atoms with Gasteiger partial charge in [0.25, 0.3) is 11.7 Å². The zero-order chi connectivity index (χ0) is 28.6. The molecule has 4 rings (SSSR count). The number of benzene rings is 3. The van der Waals surface area contributed by atoms with Crippen LogP contribution in [0.4, 0.5) is 5.69 Å². The van der Waals surface area contributed by atoms with Gasteiger partial charge >= 0.3 is 0 Å². The second-order valence-corrected chi connectivity index (χ2v) is 10.6. The number of nitrogens with two attached hydrogens (primary N) is 1. The molecule has 0 aliphatic carbocycles. The number of rotatable bonds is 7. The lowest BCUT2D eigenvalue weighted by molar-refractivity contribution is -0.132. The Hall–Kier alpha value is -3.77. The summed E-state index contributed by atoms with van der Waals surface area (Å²) in [5.74, 6) is -2.11. The molecule has 1 aliphatic rings. The molecule has 1 heterocycles. The van der Waals surface area contributed by atoms with Gasteiger partial charge in [-0.2, -0.15) is 0 Å². The molecule has 3 aromatic rings. The molecule has 0 saturated carbocycles. The molecule has 204 valence electrons. The number of aliphatic hydroxyl groups excluding tert-OH is 1. The van der Waals surface area contributed by atoms with Crippen LogP contribution in [-0.4, -0.2) is 46.5 Å². The molecule has 39 heavy (non-hydrogen) atoms. The number of sulfonamides is 1. The van der Waals surface area contributed by atoms with Crippen LogP contribution in [0, 0.1) is 0 Å². The third kappa shape index (κ3) is 5.01. The maximum absolute atomic E-state index is 13.5. The standard InChI is InChI=1S/C26H22Cl2N2O8S/c1-36-15-6-4-5-13(11-15)21-19(22(31)17-12-18(27)25(38-3)20(28)24(17)37-2)23(32)26(33)30(21)14-7-9-16(10-8-14)39(29,34)35/h4-12,21,31H,1-3H3,(H2,29,34,35)/b22-19+. The summed E-state index contributed by atoms with van der Waals surface area (Å²) in [4.78, 5) is 27.8. The molecule has 3 aromatic carbocycles. The average molecular weight is 593 g/mol. The number of halogens is 2. The summed E-state index contributed by atoms with van der Waals surface area (Å²) in [6, 6.07) is 11.8. The van der Waals surface area contributed by atoms with Gasteiger partial charge in [0.15, 0.2) is 11.5 Å². The Morgan fingerprint density at radius 3 is 2.15 bits per heavy atom. The van der Waals surface area contributed by atoms with Crippen LogP contribution >= 0.6 is 23.2 Å². The fourth-order valence-electron chi connectivity index (χ4n) is 4.31. The highest BCUT2D eigenvalue weighted by molar-refractivity contribution is 7.89. The number of ether oxygens (including phenoxy) is 3. The summed E-state index contributed by atoms with van der Waals surface area (Å²) in [6.45, 7) is 0. The molecule has 0 spiro atoms. The van der Waals surface area contributed by atoms with E-state index in [1.165, 1.54) is 51.7 Å². The van der Waals surface area contributed by atoms with Gasteiger partial charge in [-0.25, -0.2) is 13.6 Å². The Morgan fingerprint density at radius 1 is 0.949 bits per heavy atom. The number of hydrogen-bond acceptors (Lipinski definition) is 8. The highest BCUT2D eigenvalue weighted by Crippen LogP contribution is 2.48. The molecular weight excluding hydrogens is 571 g/mol. The van der Waals surface area contributed by atoms with E-state index in [2.05, 4.69) is 0 Å². The molecule has 0 radical (unpaired) electrons. The number of carbonyl (C=O) groups excluding carboxylic acids is 2. The van der Waals surface area contributed by atoms with Gasteiger partial charge in [0.2, 0.25) is 10.0 Å². The molecule has 1 unspecified atom stereocenters. The summed E-state index contributed by atoms with van der Waals surface area (Å²) in [7, 11) is 0.0942.